The molecule has 2 rings (SSSR count). The number of carbonyl (C=O) groups excluding carboxylic acids is 2. The van der Waals surface area contributed by atoms with Crippen molar-refractivity contribution in [1.29, 1.82) is 0 Å². The van der Waals surface area contributed by atoms with E-state index < -0.39 is 0 Å². The molecular formula is C13H16N2O2. The largest absolute Gasteiger partial charge is 0.367 e. The number of benzene rings is 1. The number of nitrogens with zero attached hydrogens (tertiary/aromatic N) is 2. The Kier molecular flexibility index (Phi) is 2.88. The molecular weight excluding hydrogens is 216 g/mol. The molecule has 0 bridgehead atoms. The molecule has 0 aliphatic carbocycles. The van der Waals surface area contributed by atoms with Crippen molar-refractivity contribution in [3.63, 3.8) is 0 Å². The Morgan fingerprint density at radius 1 is 1.47 bits per heavy atom. The number of anilines is 2. The highest BCUT2D eigenvalue weighted by Crippen LogP contribution is 2.30. The molecule has 1 aliphatic heterocycles. The minimum Gasteiger partial charge on any atom is -0.367 e. The molecule has 4 heteroatoms. The zero-order valence-electron chi connectivity index (χ0n) is 10.4. The van der Waals surface area contributed by atoms with Gasteiger partial charge in [-0.3, -0.25) is 9.59 Å². The summed E-state index contributed by atoms with van der Waals surface area (Å²) in [5.74, 6) is 0.243. The number of fused-ring (bicyclic) bond motifs is 1. The molecule has 0 radical (unpaired) electrons. The molecule has 1 aliphatic rings. The normalized spacial score (nSPS) is 13.8. The van der Waals surface area contributed by atoms with E-state index in [1.54, 1.807) is 18.9 Å². The standard InChI is InChI=1S/C13H16N2O2/c1-9(16)8-14(2)11-4-5-12-10(6-11)7-13(17)15(12)3/h4-6H,7-8H2,1-3H3. The highest BCUT2D eigenvalue weighted by molar-refractivity contribution is 6.01. The zero-order chi connectivity index (χ0) is 12.6. The Balaban J connectivity index is 2.27. The smallest absolute Gasteiger partial charge is 0.231 e. The summed E-state index contributed by atoms with van der Waals surface area (Å²) in [5, 5.41) is 0. The summed E-state index contributed by atoms with van der Waals surface area (Å²) in [7, 11) is 3.66. The number of hydrogen-bond donors (Lipinski definition) is 0. The lowest BCUT2D eigenvalue weighted by molar-refractivity contribution is -0.117. The first-order valence-electron chi connectivity index (χ1n) is 5.59. The lowest BCUT2D eigenvalue weighted by Crippen LogP contribution is -2.23. The molecule has 17 heavy (non-hydrogen) atoms. The lowest BCUT2D eigenvalue weighted by Gasteiger charge is -2.19. The van der Waals surface area contributed by atoms with Crippen LogP contribution in [0, 0.1) is 0 Å². The summed E-state index contributed by atoms with van der Waals surface area (Å²) in [5.41, 5.74) is 2.97. The number of amides is 1. The van der Waals surface area contributed by atoms with Crippen LogP contribution in [0.1, 0.15) is 12.5 Å². The van der Waals surface area contributed by atoms with Gasteiger partial charge in [-0.25, -0.2) is 0 Å². The van der Waals surface area contributed by atoms with Gasteiger partial charge in [-0.15, -0.1) is 0 Å². The van der Waals surface area contributed by atoms with E-state index in [1.807, 2.05) is 30.1 Å². The predicted octanol–water partition coefficient (Wildman–Crippen LogP) is 1.23. The van der Waals surface area contributed by atoms with Gasteiger partial charge in [-0.1, -0.05) is 0 Å². The summed E-state index contributed by atoms with van der Waals surface area (Å²) >= 11 is 0. The number of Topliss-reactive ketones (excluding diaryl/α,β-unsaturated/α-hetero) is 1. The number of likely N-dealkylation sites (N-methyl/N-ethyl adjacent to an activating group) is 2. The van der Waals surface area contributed by atoms with Crippen LogP contribution >= 0.6 is 0 Å². The molecule has 0 N–H and O–H groups in total. The highest BCUT2D eigenvalue weighted by Gasteiger charge is 2.24. The molecule has 4 nitrogen and oxygen atoms in total. The van der Waals surface area contributed by atoms with Crippen LogP contribution in [0.5, 0.6) is 0 Å². The van der Waals surface area contributed by atoms with Crippen molar-refractivity contribution < 1.29 is 9.59 Å². The summed E-state index contributed by atoms with van der Waals surface area (Å²) in [6.07, 6.45) is 0.452. The fourth-order valence-electron chi connectivity index (χ4n) is 2.12. The van der Waals surface area contributed by atoms with Crippen LogP contribution in [0.25, 0.3) is 0 Å². The van der Waals surface area contributed by atoms with E-state index >= 15 is 0 Å². The van der Waals surface area contributed by atoms with Gasteiger partial charge in [0.25, 0.3) is 0 Å². The number of rotatable bonds is 3. The van der Waals surface area contributed by atoms with Gasteiger partial charge in [0.1, 0.15) is 5.78 Å². The third-order valence-electron chi connectivity index (χ3n) is 3.04. The molecule has 90 valence electrons. The maximum Gasteiger partial charge on any atom is 0.231 e. The van der Waals surface area contributed by atoms with E-state index in [0.717, 1.165) is 16.9 Å². The van der Waals surface area contributed by atoms with Crippen molar-refractivity contribution in [2.24, 2.45) is 0 Å². The fourth-order valence-corrected chi connectivity index (χ4v) is 2.12. The van der Waals surface area contributed by atoms with Crippen molar-refractivity contribution in [1.82, 2.24) is 0 Å². The quantitative estimate of drug-likeness (QED) is 0.787. The molecule has 0 aromatic heterocycles. The molecule has 0 atom stereocenters. The average Bonchev–Trinajstić information content (AvgIpc) is 2.53. The van der Waals surface area contributed by atoms with Gasteiger partial charge in [0.15, 0.2) is 0 Å². The molecule has 0 spiro atoms. The van der Waals surface area contributed by atoms with E-state index in [1.165, 1.54) is 0 Å². The van der Waals surface area contributed by atoms with Gasteiger partial charge < -0.3 is 9.80 Å². The van der Waals surface area contributed by atoms with Crippen LogP contribution in [-0.4, -0.2) is 32.3 Å². The van der Waals surface area contributed by atoms with Crippen molar-refractivity contribution in [2.75, 3.05) is 30.4 Å². The molecule has 0 saturated heterocycles. The van der Waals surface area contributed by atoms with Gasteiger partial charge in [-0.2, -0.15) is 0 Å². The second-order valence-electron chi connectivity index (χ2n) is 4.50. The second kappa shape index (κ2) is 4.20. The topological polar surface area (TPSA) is 40.6 Å². The first-order chi connectivity index (χ1) is 7.99. The number of hydrogen-bond acceptors (Lipinski definition) is 3. The molecule has 0 fully saturated rings. The highest BCUT2D eigenvalue weighted by atomic mass is 16.2. The summed E-state index contributed by atoms with van der Waals surface area (Å²) < 4.78 is 0. The Morgan fingerprint density at radius 2 is 2.18 bits per heavy atom. The third kappa shape index (κ3) is 2.16. The Labute approximate surface area is 101 Å². The first-order valence-corrected chi connectivity index (χ1v) is 5.59. The molecule has 1 aromatic carbocycles. The van der Waals surface area contributed by atoms with Crippen LogP contribution in [-0.2, 0) is 16.0 Å². The first kappa shape index (κ1) is 11.6. The van der Waals surface area contributed by atoms with E-state index in [4.69, 9.17) is 0 Å². The fraction of sp³-hybridized carbons (Fsp3) is 0.385. The Morgan fingerprint density at radius 3 is 2.82 bits per heavy atom. The average molecular weight is 232 g/mol. The Bertz CT molecular complexity index is 482. The van der Waals surface area contributed by atoms with Crippen molar-refractivity contribution in [3.05, 3.63) is 23.8 Å². The van der Waals surface area contributed by atoms with Gasteiger partial charge in [0.05, 0.1) is 13.0 Å². The molecule has 1 amide bonds. The van der Waals surface area contributed by atoms with E-state index in [2.05, 4.69) is 0 Å². The van der Waals surface area contributed by atoms with Gasteiger partial charge in [-0.05, 0) is 30.7 Å². The van der Waals surface area contributed by atoms with Crippen molar-refractivity contribution in [3.8, 4) is 0 Å². The molecule has 1 heterocycles. The summed E-state index contributed by atoms with van der Waals surface area (Å²) in [6.45, 7) is 1.96. The minimum absolute atomic E-state index is 0.117. The summed E-state index contributed by atoms with van der Waals surface area (Å²) in [4.78, 5) is 26.2. The lowest BCUT2D eigenvalue weighted by atomic mass is 10.1. The van der Waals surface area contributed by atoms with E-state index in [0.29, 0.717) is 13.0 Å². The van der Waals surface area contributed by atoms with Crippen LogP contribution < -0.4 is 9.80 Å². The summed E-state index contributed by atoms with van der Waals surface area (Å²) in [6, 6.07) is 5.86. The van der Waals surface area contributed by atoms with Gasteiger partial charge in [0.2, 0.25) is 5.91 Å². The maximum absolute atomic E-state index is 11.5. The van der Waals surface area contributed by atoms with Gasteiger partial charge in [0, 0.05) is 25.5 Å². The minimum atomic E-state index is 0.117. The predicted molar refractivity (Wildman–Crippen MR) is 67.5 cm³/mol. The number of carbonyl (C=O) groups is 2. The van der Waals surface area contributed by atoms with Crippen LogP contribution in [0.2, 0.25) is 0 Å². The van der Waals surface area contributed by atoms with Crippen molar-refractivity contribution in [2.45, 2.75) is 13.3 Å². The van der Waals surface area contributed by atoms with Crippen LogP contribution in [0.4, 0.5) is 11.4 Å². The van der Waals surface area contributed by atoms with Gasteiger partial charge >= 0.3 is 0 Å². The Hall–Kier alpha value is -1.84. The van der Waals surface area contributed by atoms with E-state index in [9.17, 15) is 9.59 Å². The monoisotopic (exact) mass is 232 g/mol. The van der Waals surface area contributed by atoms with Crippen LogP contribution in [0.3, 0.4) is 0 Å². The SMILES string of the molecule is CC(=O)CN(C)c1ccc2c(c1)CC(=O)N2C. The molecule has 0 unspecified atom stereocenters. The van der Waals surface area contributed by atoms with Crippen molar-refractivity contribution >= 4 is 23.1 Å². The maximum atomic E-state index is 11.5. The second-order valence-corrected chi connectivity index (χ2v) is 4.50. The van der Waals surface area contributed by atoms with Crippen LogP contribution in [0.15, 0.2) is 18.2 Å². The third-order valence-corrected chi connectivity index (χ3v) is 3.04. The molecule has 0 saturated carbocycles. The number of ketones is 1. The van der Waals surface area contributed by atoms with E-state index in [-0.39, 0.29) is 11.7 Å². The zero-order valence-corrected chi connectivity index (χ0v) is 10.4. The molecule has 1 aromatic rings.